The molecule has 0 atom stereocenters. The molecule has 0 unspecified atom stereocenters. The highest BCUT2D eigenvalue weighted by Crippen LogP contribution is 2.29. The second-order valence-corrected chi connectivity index (χ2v) is 5.13. The molecule has 4 nitrogen and oxygen atoms in total. The van der Waals surface area contributed by atoms with E-state index in [9.17, 15) is 4.79 Å². The minimum Gasteiger partial charge on any atom is -0.497 e. The third kappa shape index (κ3) is 3.22. The molecule has 0 bridgehead atoms. The van der Waals surface area contributed by atoms with Crippen LogP contribution in [0.3, 0.4) is 0 Å². The number of hydrogen-bond donors (Lipinski definition) is 0. The van der Waals surface area contributed by atoms with Crippen molar-refractivity contribution in [3.05, 3.63) is 53.6 Å². The zero-order valence-corrected chi connectivity index (χ0v) is 12.5. The standard InChI is InChI=1S/C18H18O4/c1-20-14-4-2-13(3-5-14)8-10-21-15-6-7-16-17(19)9-11-22-18(16)12-15/h2-7,12H,8-11H2,1H3. The molecule has 0 radical (unpaired) electrons. The van der Waals surface area contributed by atoms with Gasteiger partial charge in [-0.25, -0.2) is 0 Å². The molecular weight excluding hydrogens is 280 g/mol. The predicted octanol–water partition coefficient (Wildman–Crippen LogP) is 3.28. The van der Waals surface area contributed by atoms with Crippen molar-refractivity contribution in [1.82, 2.24) is 0 Å². The van der Waals surface area contributed by atoms with E-state index in [2.05, 4.69) is 0 Å². The lowest BCUT2D eigenvalue weighted by molar-refractivity contribution is 0.0933. The Morgan fingerprint density at radius 2 is 1.86 bits per heavy atom. The van der Waals surface area contributed by atoms with Gasteiger partial charge in [-0.2, -0.15) is 0 Å². The van der Waals surface area contributed by atoms with E-state index in [1.807, 2.05) is 30.3 Å². The summed E-state index contributed by atoms with van der Waals surface area (Å²) in [5.41, 5.74) is 1.83. The highest BCUT2D eigenvalue weighted by molar-refractivity contribution is 5.99. The number of fused-ring (bicyclic) bond motifs is 1. The van der Waals surface area contributed by atoms with Crippen molar-refractivity contribution in [1.29, 1.82) is 0 Å². The lowest BCUT2D eigenvalue weighted by Gasteiger charge is -2.17. The fourth-order valence-electron chi connectivity index (χ4n) is 2.41. The zero-order chi connectivity index (χ0) is 15.4. The first-order valence-electron chi connectivity index (χ1n) is 7.32. The summed E-state index contributed by atoms with van der Waals surface area (Å²) >= 11 is 0. The van der Waals surface area contributed by atoms with Gasteiger partial charge in [0.2, 0.25) is 0 Å². The van der Waals surface area contributed by atoms with Gasteiger partial charge in [0, 0.05) is 18.9 Å². The van der Waals surface area contributed by atoms with Crippen molar-refractivity contribution in [3.63, 3.8) is 0 Å². The average Bonchev–Trinajstić information content (AvgIpc) is 2.56. The minimum absolute atomic E-state index is 0.131. The number of carbonyl (C=O) groups is 1. The Balaban J connectivity index is 1.58. The second kappa shape index (κ2) is 6.52. The fraction of sp³-hybridized carbons (Fsp3) is 0.278. The summed E-state index contributed by atoms with van der Waals surface area (Å²) in [4.78, 5) is 11.7. The zero-order valence-electron chi connectivity index (χ0n) is 12.5. The van der Waals surface area contributed by atoms with Crippen LogP contribution >= 0.6 is 0 Å². The van der Waals surface area contributed by atoms with Gasteiger partial charge in [0.15, 0.2) is 5.78 Å². The van der Waals surface area contributed by atoms with Gasteiger partial charge in [0.05, 0.1) is 25.9 Å². The Morgan fingerprint density at radius 1 is 1.09 bits per heavy atom. The molecule has 1 heterocycles. The molecule has 0 fully saturated rings. The summed E-state index contributed by atoms with van der Waals surface area (Å²) < 4.78 is 16.4. The molecule has 0 N–H and O–H groups in total. The summed E-state index contributed by atoms with van der Waals surface area (Å²) in [6.45, 7) is 1.01. The normalized spacial score (nSPS) is 13.2. The summed E-state index contributed by atoms with van der Waals surface area (Å²) in [6, 6.07) is 13.3. The first-order valence-corrected chi connectivity index (χ1v) is 7.32. The lowest BCUT2D eigenvalue weighted by Crippen LogP contribution is -2.15. The summed E-state index contributed by atoms with van der Waals surface area (Å²) in [6.07, 6.45) is 1.26. The Labute approximate surface area is 129 Å². The van der Waals surface area contributed by atoms with Gasteiger partial charge in [-0.1, -0.05) is 12.1 Å². The quantitative estimate of drug-likeness (QED) is 0.849. The largest absolute Gasteiger partial charge is 0.497 e. The summed E-state index contributed by atoms with van der Waals surface area (Å²) in [5, 5.41) is 0. The van der Waals surface area contributed by atoms with Crippen LogP contribution in [-0.2, 0) is 6.42 Å². The van der Waals surface area contributed by atoms with Crippen LogP contribution in [0.15, 0.2) is 42.5 Å². The van der Waals surface area contributed by atoms with E-state index in [-0.39, 0.29) is 5.78 Å². The molecular formula is C18H18O4. The monoisotopic (exact) mass is 298 g/mol. The van der Waals surface area contributed by atoms with Crippen LogP contribution in [0.5, 0.6) is 17.2 Å². The minimum atomic E-state index is 0.131. The third-order valence-electron chi connectivity index (χ3n) is 3.66. The molecule has 1 aliphatic heterocycles. The first-order chi connectivity index (χ1) is 10.8. The Hall–Kier alpha value is -2.49. The van der Waals surface area contributed by atoms with Crippen molar-refractivity contribution in [2.24, 2.45) is 0 Å². The first kappa shape index (κ1) is 14.4. The number of Topliss-reactive ketones (excluding diaryl/α,β-unsaturated/α-hetero) is 1. The van der Waals surface area contributed by atoms with E-state index in [0.29, 0.717) is 30.9 Å². The lowest BCUT2D eigenvalue weighted by atomic mass is 10.1. The maximum Gasteiger partial charge on any atom is 0.169 e. The molecule has 2 aromatic rings. The van der Waals surface area contributed by atoms with E-state index in [1.165, 1.54) is 5.56 Å². The topological polar surface area (TPSA) is 44.8 Å². The van der Waals surface area contributed by atoms with E-state index in [0.717, 1.165) is 17.9 Å². The number of rotatable bonds is 5. The highest BCUT2D eigenvalue weighted by Gasteiger charge is 2.18. The van der Waals surface area contributed by atoms with Crippen molar-refractivity contribution >= 4 is 5.78 Å². The SMILES string of the molecule is COc1ccc(CCOc2ccc3c(c2)OCCC3=O)cc1. The van der Waals surface area contributed by atoms with Crippen molar-refractivity contribution in [2.75, 3.05) is 20.3 Å². The van der Waals surface area contributed by atoms with Gasteiger partial charge in [-0.3, -0.25) is 4.79 Å². The van der Waals surface area contributed by atoms with Gasteiger partial charge in [-0.15, -0.1) is 0 Å². The molecule has 4 heteroatoms. The third-order valence-corrected chi connectivity index (χ3v) is 3.66. The molecule has 0 aromatic heterocycles. The van der Waals surface area contributed by atoms with Gasteiger partial charge < -0.3 is 14.2 Å². The number of methoxy groups -OCH3 is 1. The molecule has 114 valence electrons. The highest BCUT2D eigenvalue weighted by atomic mass is 16.5. The van der Waals surface area contributed by atoms with Crippen LogP contribution in [0, 0.1) is 0 Å². The molecule has 0 spiro atoms. The van der Waals surface area contributed by atoms with Crippen LogP contribution in [0.4, 0.5) is 0 Å². The van der Waals surface area contributed by atoms with Crippen LogP contribution in [0.1, 0.15) is 22.3 Å². The number of ether oxygens (including phenoxy) is 3. The predicted molar refractivity (Wildman–Crippen MR) is 83.1 cm³/mol. The van der Waals surface area contributed by atoms with E-state index < -0.39 is 0 Å². The number of ketones is 1. The van der Waals surface area contributed by atoms with Crippen LogP contribution < -0.4 is 14.2 Å². The molecule has 1 aliphatic rings. The van der Waals surface area contributed by atoms with E-state index >= 15 is 0 Å². The average molecular weight is 298 g/mol. The molecule has 0 aliphatic carbocycles. The molecule has 0 saturated heterocycles. The van der Waals surface area contributed by atoms with E-state index in [4.69, 9.17) is 14.2 Å². The van der Waals surface area contributed by atoms with Gasteiger partial charge >= 0.3 is 0 Å². The summed E-state index contributed by atoms with van der Waals surface area (Å²) in [5.74, 6) is 2.33. The molecule has 0 amide bonds. The summed E-state index contributed by atoms with van der Waals surface area (Å²) in [7, 11) is 1.65. The number of hydrogen-bond acceptors (Lipinski definition) is 4. The number of benzene rings is 2. The molecule has 3 rings (SSSR count). The fourth-order valence-corrected chi connectivity index (χ4v) is 2.41. The van der Waals surface area contributed by atoms with Gasteiger partial charge in [0.1, 0.15) is 17.2 Å². The number of carbonyl (C=O) groups excluding carboxylic acids is 1. The van der Waals surface area contributed by atoms with Crippen LogP contribution in [-0.4, -0.2) is 26.1 Å². The van der Waals surface area contributed by atoms with Gasteiger partial charge in [0.25, 0.3) is 0 Å². The second-order valence-electron chi connectivity index (χ2n) is 5.13. The van der Waals surface area contributed by atoms with Crippen molar-refractivity contribution in [3.8, 4) is 17.2 Å². The Kier molecular flexibility index (Phi) is 4.28. The van der Waals surface area contributed by atoms with Crippen molar-refractivity contribution in [2.45, 2.75) is 12.8 Å². The smallest absolute Gasteiger partial charge is 0.169 e. The molecule has 22 heavy (non-hydrogen) atoms. The van der Waals surface area contributed by atoms with Crippen molar-refractivity contribution < 1.29 is 19.0 Å². The van der Waals surface area contributed by atoms with Crippen LogP contribution in [0.2, 0.25) is 0 Å². The maximum absolute atomic E-state index is 11.7. The maximum atomic E-state index is 11.7. The molecule has 2 aromatic carbocycles. The van der Waals surface area contributed by atoms with E-state index in [1.54, 1.807) is 19.2 Å². The Bertz CT molecular complexity index is 661. The Morgan fingerprint density at radius 3 is 2.64 bits per heavy atom. The van der Waals surface area contributed by atoms with Gasteiger partial charge in [-0.05, 0) is 29.8 Å². The van der Waals surface area contributed by atoms with Crippen LogP contribution in [0.25, 0.3) is 0 Å². The molecule has 0 saturated carbocycles.